The first-order valence-electron chi connectivity index (χ1n) is 12.5. The zero-order chi connectivity index (χ0) is 23.7. The Morgan fingerprint density at radius 3 is 2.50 bits per heavy atom. The summed E-state index contributed by atoms with van der Waals surface area (Å²) in [6.07, 6.45) is 3.11. The third-order valence-electron chi connectivity index (χ3n) is 6.87. The third kappa shape index (κ3) is 4.89. The van der Waals surface area contributed by atoms with E-state index in [0.717, 1.165) is 91.0 Å². The van der Waals surface area contributed by atoms with Gasteiger partial charge in [-0.15, -0.1) is 0 Å². The Kier molecular flexibility index (Phi) is 6.70. The number of fused-ring (bicyclic) bond motifs is 1. The van der Waals surface area contributed by atoms with Gasteiger partial charge in [0, 0.05) is 47.8 Å². The minimum atomic E-state index is 0.137. The van der Waals surface area contributed by atoms with Gasteiger partial charge >= 0.3 is 0 Å². The molecule has 6 heteroatoms. The van der Waals surface area contributed by atoms with Crippen LogP contribution in [0.25, 0.3) is 22.6 Å². The van der Waals surface area contributed by atoms with Gasteiger partial charge in [-0.05, 0) is 70.2 Å². The number of imidazole rings is 1. The van der Waals surface area contributed by atoms with Crippen molar-refractivity contribution in [3.8, 4) is 28.4 Å². The monoisotopic (exact) mass is 461 g/mol. The van der Waals surface area contributed by atoms with E-state index < -0.39 is 0 Å². The van der Waals surface area contributed by atoms with Gasteiger partial charge in [-0.3, -0.25) is 4.98 Å². The zero-order valence-electron chi connectivity index (χ0n) is 20.8. The lowest BCUT2D eigenvalue weighted by atomic mass is 10.0. The van der Waals surface area contributed by atoms with Gasteiger partial charge < -0.3 is 18.8 Å². The van der Waals surface area contributed by atoms with Gasteiger partial charge in [-0.25, -0.2) is 4.98 Å². The van der Waals surface area contributed by atoms with Crippen molar-refractivity contribution in [3.05, 3.63) is 53.0 Å². The molecule has 1 fully saturated rings. The predicted octanol–water partition coefficient (Wildman–Crippen LogP) is 5.30. The normalized spacial score (nSPS) is 19.0. The summed E-state index contributed by atoms with van der Waals surface area (Å²) in [5.41, 5.74) is 7.64. The van der Waals surface area contributed by atoms with E-state index in [1.165, 1.54) is 5.69 Å². The summed E-state index contributed by atoms with van der Waals surface area (Å²) in [5, 5.41) is 0. The molecule has 2 aromatic heterocycles. The molecule has 0 radical (unpaired) electrons. The molecule has 0 aliphatic carbocycles. The smallest absolute Gasteiger partial charge is 0.141 e. The highest BCUT2D eigenvalue weighted by atomic mass is 16.5. The first kappa shape index (κ1) is 23.1. The molecule has 2 aliphatic heterocycles. The molecule has 3 aromatic rings. The highest BCUT2D eigenvalue weighted by molar-refractivity contribution is 5.70. The number of aryl methyl sites for hydroxylation is 3. The van der Waals surface area contributed by atoms with E-state index in [2.05, 4.69) is 53.7 Å². The number of ether oxygens (including phenoxy) is 3. The van der Waals surface area contributed by atoms with Crippen molar-refractivity contribution in [2.24, 2.45) is 5.92 Å². The van der Waals surface area contributed by atoms with Crippen LogP contribution < -0.4 is 4.74 Å². The van der Waals surface area contributed by atoms with Crippen molar-refractivity contribution in [2.45, 2.75) is 59.6 Å². The average Bonchev–Trinajstić information content (AvgIpc) is 3.05. The second kappa shape index (κ2) is 9.88. The van der Waals surface area contributed by atoms with Gasteiger partial charge in [0.15, 0.2) is 0 Å². The maximum atomic E-state index is 6.33. The van der Waals surface area contributed by atoms with Crippen molar-refractivity contribution < 1.29 is 14.2 Å². The molecular weight excluding hydrogens is 426 g/mol. The molecule has 4 heterocycles. The minimum Gasteiger partial charge on any atom is -0.493 e. The Balaban J connectivity index is 1.53. The summed E-state index contributed by atoms with van der Waals surface area (Å²) in [6.45, 7) is 12.2. The molecule has 34 heavy (non-hydrogen) atoms. The number of hydrogen-bond acceptors (Lipinski definition) is 5. The molecule has 1 saturated heterocycles. The van der Waals surface area contributed by atoms with Crippen molar-refractivity contribution in [1.82, 2.24) is 14.5 Å². The quantitative estimate of drug-likeness (QED) is 0.516. The summed E-state index contributed by atoms with van der Waals surface area (Å²) in [6, 6.07) is 10.7. The van der Waals surface area contributed by atoms with E-state index in [0.29, 0.717) is 12.5 Å². The van der Waals surface area contributed by atoms with E-state index in [9.17, 15) is 0 Å². The van der Waals surface area contributed by atoms with Crippen LogP contribution in [0.5, 0.6) is 5.75 Å². The van der Waals surface area contributed by atoms with Crippen molar-refractivity contribution in [1.29, 1.82) is 0 Å². The molecule has 1 aromatic carbocycles. The average molecular weight is 462 g/mol. The molecule has 0 N–H and O–H groups in total. The van der Waals surface area contributed by atoms with Crippen LogP contribution in [0.15, 0.2) is 30.3 Å². The Morgan fingerprint density at radius 1 is 0.971 bits per heavy atom. The Morgan fingerprint density at radius 2 is 1.74 bits per heavy atom. The predicted molar refractivity (Wildman–Crippen MR) is 133 cm³/mol. The van der Waals surface area contributed by atoms with E-state index in [4.69, 9.17) is 19.2 Å². The summed E-state index contributed by atoms with van der Waals surface area (Å²) in [4.78, 5) is 9.78. The first-order chi connectivity index (χ1) is 16.5. The second-order valence-corrected chi connectivity index (χ2v) is 9.76. The Hall–Kier alpha value is -2.70. The van der Waals surface area contributed by atoms with Crippen LogP contribution >= 0.6 is 0 Å². The van der Waals surface area contributed by atoms with E-state index in [1.807, 2.05) is 13.8 Å². The topological polar surface area (TPSA) is 58.4 Å². The van der Waals surface area contributed by atoms with E-state index >= 15 is 0 Å². The molecule has 6 nitrogen and oxygen atoms in total. The van der Waals surface area contributed by atoms with Crippen molar-refractivity contribution in [2.75, 3.05) is 26.4 Å². The SMILES string of the molecule is Cc1cc(-c2nc(-c3ccc(C)c(OCC4CCOCC4)c3)n3c2CCO[C@H](C)C3)cc(C)n1. The molecule has 0 unspecified atom stereocenters. The fraction of sp³-hybridized carbons (Fsp3) is 0.500. The lowest BCUT2D eigenvalue weighted by Gasteiger charge is -2.22. The third-order valence-corrected chi connectivity index (χ3v) is 6.87. The summed E-state index contributed by atoms with van der Waals surface area (Å²) >= 11 is 0. The van der Waals surface area contributed by atoms with Gasteiger partial charge in [0.2, 0.25) is 0 Å². The Labute approximate surface area is 202 Å². The van der Waals surface area contributed by atoms with Crippen LogP contribution in [-0.2, 0) is 22.4 Å². The fourth-order valence-electron chi connectivity index (χ4n) is 5.04. The molecule has 1 atom stereocenters. The lowest BCUT2D eigenvalue weighted by Crippen LogP contribution is -2.21. The standard InChI is InChI=1S/C28H35N3O3/c1-18-5-6-23(15-26(18)34-17-22-7-10-32-11-8-22)28-30-27(24-13-19(2)29-20(3)14-24)25-9-12-33-21(4)16-31(25)28/h5-6,13-15,21-22H,7-12,16-17H2,1-4H3/t21-/m1/s1. The molecule has 5 rings (SSSR count). The maximum Gasteiger partial charge on any atom is 0.141 e. The molecule has 0 bridgehead atoms. The van der Waals surface area contributed by atoms with E-state index in [1.54, 1.807) is 0 Å². The van der Waals surface area contributed by atoms with Gasteiger partial charge in [0.25, 0.3) is 0 Å². The van der Waals surface area contributed by atoms with Crippen LogP contribution in [0.2, 0.25) is 0 Å². The number of benzene rings is 1. The van der Waals surface area contributed by atoms with Crippen molar-refractivity contribution in [3.63, 3.8) is 0 Å². The highest BCUT2D eigenvalue weighted by Crippen LogP contribution is 2.34. The first-order valence-corrected chi connectivity index (χ1v) is 12.5. The number of aromatic nitrogens is 3. The molecule has 0 spiro atoms. The van der Waals surface area contributed by atoms with Gasteiger partial charge in [0.05, 0.1) is 31.6 Å². The van der Waals surface area contributed by atoms with Crippen LogP contribution in [0.1, 0.15) is 42.4 Å². The number of hydrogen-bond donors (Lipinski definition) is 0. The second-order valence-electron chi connectivity index (χ2n) is 9.76. The van der Waals surface area contributed by atoms with Crippen molar-refractivity contribution >= 4 is 0 Å². The zero-order valence-corrected chi connectivity index (χ0v) is 20.8. The maximum absolute atomic E-state index is 6.33. The fourth-order valence-corrected chi connectivity index (χ4v) is 5.04. The Bertz CT molecular complexity index is 1140. The molecule has 180 valence electrons. The van der Waals surface area contributed by atoms with Crippen LogP contribution in [0.3, 0.4) is 0 Å². The van der Waals surface area contributed by atoms with Gasteiger partial charge in [-0.2, -0.15) is 0 Å². The lowest BCUT2D eigenvalue weighted by molar-refractivity contribution is 0.0496. The molecule has 2 aliphatic rings. The van der Waals surface area contributed by atoms with Gasteiger partial charge in [0.1, 0.15) is 11.6 Å². The number of pyridine rings is 1. The van der Waals surface area contributed by atoms with Crippen LogP contribution in [0.4, 0.5) is 0 Å². The summed E-state index contributed by atoms with van der Waals surface area (Å²) in [7, 11) is 0. The van der Waals surface area contributed by atoms with Gasteiger partial charge in [-0.1, -0.05) is 12.1 Å². The summed E-state index contributed by atoms with van der Waals surface area (Å²) < 4.78 is 20.2. The summed E-state index contributed by atoms with van der Waals surface area (Å²) in [5.74, 6) is 2.48. The van der Waals surface area contributed by atoms with Crippen LogP contribution in [-0.4, -0.2) is 47.1 Å². The minimum absolute atomic E-state index is 0.137. The van der Waals surface area contributed by atoms with Crippen LogP contribution in [0, 0.1) is 26.7 Å². The molecule has 0 amide bonds. The number of rotatable bonds is 5. The largest absolute Gasteiger partial charge is 0.493 e. The number of nitrogens with zero attached hydrogens (tertiary/aromatic N) is 3. The highest BCUT2D eigenvalue weighted by Gasteiger charge is 2.24. The molecular formula is C28H35N3O3. The molecule has 0 saturated carbocycles. The van der Waals surface area contributed by atoms with E-state index in [-0.39, 0.29) is 6.10 Å².